The van der Waals surface area contributed by atoms with Crippen molar-refractivity contribution in [1.82, 2.24) is 0 Å². The van der Waals surface area contributed by atoms with Crippen molar-refractivity contribution in [2.75, 3.05) is 0 Å². The summed E-state index contributed by atoms with van der Waals surface area (Å²) in [6.07, 6.45) is 23.3. The number of aldehydes is 1. The lowest BCUT2D eigenvalue weighted by atomic mass is 10.0. The summed E-state index contributed by atoms with van der Waals surface area (Å²) in [5.41, 5.74) is 0. The molecule has 0 heterocycles. The minimum absolute atomic E-state index is 0.268. The topological polar surface area (TPSA) is 80.4 Å². The third-order valence-corrected chi connectivity index (χ3v) is 4.11. The zero-order chi connectivity index (χ0) is 20.2. The van der Waals surface area contributed by atoms with Crippen molar-refractivity contribution < 1.29 is 14.8 Å². The monoisotopic (exact) mass is 377 g/mol. The number of rotatable bonds is 17. The van der Waals surface area contributed by atoms with Crippen LogP contribution in [0.1, 0.15) is 71.1 Å². The van der Waals surface area contributed by atoms with Gasteiger partial charge in [-0.15, -0.1) is 0 Å². The second-order valence-corrected chi connectivity index (χ2v) is 6.49. The van der Waals surface area contributed by atoms with E-state index in [2.05, 4.69) is 6.92 Å². The highest BCUT2D eigenvalue weighted by Gasteiger charge is 2.27. The molecule has 5 heteroatoms. The molecule has 0 aromatic heterocycles. The molecule has 152 valence electrons. The van der Waals surface area contributed by atoms with Crippen LogP contribution in [0.3, 0.4) is 0 Å². The largest absolute Gasteiger partial charge is 0.386 e. The van der Waals surface area contributed by atoms with Crippen molar-refractivity contribution in [2.45, 2.75) is 83.3 Å². The summed E-state index contributed by atoms with van der Waals surface area (Å²) in [6.45, 7) is 2.14. The van der Waals surface area contributed by atoms with Gasteiger partial charge < -0.3 is 9.90 Å². The van der Waals surface area contributed by atoms with Crippen LogP contribution in [-0.2, 0) is 4.79 Å². The van der Waals surface area contributed by atoms with Gasteiger partial charge in [-0.05, 0) is 38.5 Å². The molecule has 0 saturated carbocycles. The second kappa shape index (κ2) is 18.8. The van der Waals surface area contributed by atoms with E-state index in [1.54, 1.807) is 6.08 Å². The van der Waals surface area contributed by atoms with Gasteiger partial charge in [-0.2, -0.15) is 0 Å². The van der Waals surface area contributed by atoms with E-state index in [4.69, 9.17) is 0 Å². The first-order chi connectivity index (χ1) is 13.1. The number of aliphatic hydroxyl groups excluding tert-OH is 1. The van der Waals surface area contributed by atoms with E-state index < -0.39 is 12.1 Å². The van der Waals surface area contributed by atoms with Gasteiger partial charge in [0.05, 0.1) is 0 Å². The van der Waals surface area contributed by atoms with Crippen LogP contribution in [0, 0.1) is 10.1 Å². The third kappa shape index (κ3) is 15.9. The molecule has 0 spiro atoms. The van der Waals surface area contributed by atoms with E-state index in [-0.39, 0.29) is 17.8 Å². The zero-order valence-corrected chi connectivity index (χ0v) is 16.5. The van der Waals surface area contributed by atoms with Crippen LogP contribution in [0.4, 0.5) is 0 Å². The Bertz CT molecular complexity index is 495. The van der Waals surface area contributed by atoms with Gasteiger partial charge in [0.15, 0.2) is 0 Å². The molecule has 27 heavy (non-hydrogen) atoms. The fourth-order valence-corrected chi connectivity index (χ4v) is 2.47. The maximum absolute atomic E-state index is 11.2. The van der Waals surface area contributed by atoms with E-state index in [9.17, 15) is 20.0 Å². The molecular formula is C22H35NO4. The molecule has 0 bridgehead atoms. The fourth-order valence-electron chi connectivity index (χ4n) is 2.47. The summed E-state index contributed by atoms with van der Waals surface area (Å²) in [6, 6.07) is -0.955. The Morgan fingerprint density at radius 3 is 2.07 bits per heavy atom. The first-order valence-corrected chi connectivity index (χ1v) is 9.98. The molecule has 0 fully saturated rings. The maximum atomic E-state index is 11.2. The van der Waals surface area contributed by atoms with Gasteiger partial charge in [0.2, 0.25) is 6.04 Å². The molecule has 0 aromatic carbocycles. The van der Waals surface area contributed by atoms with E-state index in [1.165, 1.54) is 6.42 Å². The van der Waals surface area contributed by atoms with Crippen molar-refractivity contribution in [2.24, 2.45) is 0 Å². The van der Waals surface area contributed by atoms with E-state index in [0.717, 1.165) is 44.8 Å². The minimum atomic E-state index is -0.971. The van der Waals surface area contributed by atoms with Gasteiger partial charge in [-0.3, -0.25) is 10.1 Å². The molecule has 0 aliphatic carbocycles. The van der Waals surface area contributed by atoms with Crippen molar-refractivity contribution >= 4 is 6.29 Å². The summed E-state index contributed by atoms with van der Waals surface area (Å²) in [5.74, 6) is 0. The van der Waals surface area contributed by atoms with Crippen molar-refractivity contribution in [3.05, 3.63) is 58.7 Å². The van der Waals surface area contributed by atoms with Gasteiger partial charge in [-0.25, -0.2) is 0 Å². The van der Waals surface area contributed by atoms with Gasteiger partial charge in [0, 0.05) is 17.8 Å². The number of nitrogens with zero attached hydrogens (tertiary/aromatic N) is 1. The van der Waals surface area contributed by atoms with Gasteiger partial charge in [0.1, 0.15) is 12.4 Å². The predicted octanol–water partition coefficient (Wildman–Crippen LogP) is 5.34. The number of aliphatic hydroxyl groups is 1. The van der Waals surface area contributed by atoms with Gasteiger partial charge in [-0.1, -0.05) is 68.4 Å². The molecule has 2 unspecified atom stereocenters. The lowest BCUT2D eigenvalue weighted by Crippen LogP contribution is -2.32. The number of hydrogen-bond donors (Lipinski definition) is 1. The number of nitro groups is 1. The predicted molar refractivity (Wildman–Crippen MR) is 111 cm³/mol. The number of allylic oxidation sites excluding steroid dienone is 6. The molecule has 1 N–H and O–H groups in total. The highest BCUT2D eigenvalue weighted by molar-refractivity contribution is 5.49. The average Bonchev–Trinajstić information content (AvgIpc) is 2.65. The molecule has 0 aliphatic rings. The molecule has 0 rings (SSSR count). The highest BCUT2D eigenvalue weighted by atomic mass is 16.6. The Morgan fingerprint density at radius 1 is 0.852 bits per heavy atom. The quantitative estimate of drug-likeness (QED) is 0.122. The average molecular weight is 378 g/mol. The first kappa shape index (κ1) is 25.0. The zero-order valence-electron chi connectivity index (χ0n) is 16.5. The van der Waals surface area contributed by atoms with Crippen molar-refractivity contribution in [3.63, 3.8) is 0 Å². The molecule has 5 nitrogen and oxygen atoms in total. The Kier molecular flexibility index (Phi) is 17.4. The van der Waals surface area contributed by atoms with Crippen molar-refractivity contribution in [1.29, 1.82) is 0 Å². The standard InChI is InChI=1S/C22H35NO4/c1-2-3-4-5-12-15-18-21(23(26)27)22(25)19-16-13-10-8-6-7-9-11-14-17-20-24/h6,8-9,11-13,15-16,20-22,25H,2-5,7,10,14,17-19H2,1H3/b8-6-,11-9-,15-12-,16-13-. The molecule has 0 aliphatic heterocycles. The first-order valence-electron chi connectivity index (χ1n) is 9.98. The Morgan fingerprint density at radius 2 is 1.44 bits per heavy atom. The van der Waals surface area contributed by atoms with Crippen LogP contribution in [0.25, 0.3) is 0 Å². The number of unbranched alkanes of at least 4 members (excludes halogenated alkanes) is 4. The number of carbonyl (C=O) groups is 1. The summed E-state index contributed by atoms with van der Waals surface area (Å²) in [4.78, 5) is 20.9. The Balaban J connectivity index is 4.06. The number of carbonyl (C=O) groups excluding carboxylic acids is 1. The highest BCUT2D eigenvalue weighted by Crippen LogP contribution is 2.10. The van der Waals surface area contributed by atoms with Crippen molar-refractivity contribution in [3.8, 4) is 0 Å². The minimum Gasteiger partial charge on any atom is -0.386 e. The summed E-state index contributed by atoms with van der Waals surface area (Å²) < 4.78 is 0. The SMILES string of the molecule is CCCCC/C=C\CC(C(O)C/C=C\C/C=C\C/C=C\CCC=O)[N+](=O)[O-]. The summed E-state index contributed by atoms with van der Waals surface area (Å²) >= 11 is 0. The smallest absolute Gasteiger partial charge is 0.242 e. The Hall–Kier alpha value is -2.01. The molecule has 0 aromatic rings. The fraction of sp³-hybridized carbons (Fsp3) is 0.591. The molecule has 0 radical (unpaired) electrons. The molecule has 2 atom stereocenters. The lowest BCUT2D eigenvalue weighted by molar-refractivity contribution is -0.533. The van der Waals surface area contributed by atoms with Crippen LogP contribution < -0.4 is 0 Å². The lowest BCUT2D eigenvalue weighted by Gasteiger charge is -2.12. The van der Waals surface area contributed by atoms with Crippen LogP contribution >= 0.6 is 0 Å². The van der Waals surface area contributed by atoms with Crippen LogP contribution in [0.2, 0.25) is 0 Å². The summed E-state index contributed by atoms with van der Waals surface area (Å²) in [7, 11) is 0. The second-order valence-electron chi connectivity index (χ2n) is 6.49. The van der Waals surface area contributed by atoms with E-state index >= 15 is 0 Å². The van der Waals surface area contributed by atoms with Crippen LogP contribution in [0.15, 0.2) is 48.6 Å². The normalized spacial score (nSPS) is 14.6. The van der Waals surface area contributed by atoms with Gasteiger partial charge in [0.25, 0.3) is 0 Å². The molecule has 0 amide bonds. The third-order valence-electron chi connectivity index (χ3n) is 4.11. The summed E-state index contributed by atoms with van der Waals surface area (Å²) in [5, 5.41) is 21.2. The van der Waals surface area contributed by atoms with E-state index in [1.807, 2.05) is 42.5 Å². The van der Waals surface area contributed by atoms with Crippen LogP contribution in [-0.4, -0.2) is 28.5 Å². The molecule has 0 saturated heterocycles. The molecular weight excluding hydrogens is 342 g/mol. The maximum Gasteiger partial charge on any atom is 0.242 e. The van der Waals surface area contributed by atoms with E-state index in [0.29, 0.717) is 6.42 Å². The Labute approximate surface area is 163 Å². The van der Waals surface area contributed by atoms with Gasteiger partial charge >= 0.3 is 0 Å². The number of hydrogen-bond acceptors (Lipinski definition) is 4. The van der Waals surface area contributed by atoms with Crippen LogP contribution in [0.5, 0.6) is 0 Å².